The zero-order valence-electron chi connectivity index (χ0n) is 21.0. The Morgan fingerprint density at radius 2 is 1.86 bits per heavy atom. The van der Waals surface area contributed by atoms with Crippen LogP contribution in [0.1, 0.15) is 25.8 Å². The lowest BCUT2D eigenvalue weighted by Gasteiger charge is -2.38. The fourth-order valence-electron chi connectivity index (χ4n) is 4.26. The lowest BCUT2D eigenvalue weighted by molar-refractivity contribution is -0.137. The molecule has 0 saturated heterocycles. The van der Waals surface area contributed by atoms with Crippen molar-refractivity contribution in [2.45, 2.75) is 43.7 Å². The average Bonchev–Trinajstić information content (AvgIpc) is 3.06. The summed E-state index contributed by atoms with van der Waals surface area (Å²) in [5.74, 6) is 0.0769. The van der Waals surface area contributed by atoms with Gasteiger partial charge in [-0.05, 0) is 60.4 Å². The molecule has 3 heterocycles. The molecule has 0 spiro atoms. The number of hydrogen-bond donors (Lipinski definition) is 3. The van der Waals surface area contributed by atoms with E-state index in [9.17, 15) is 21.6 Å². The van der Waals surface area contributed by atoms with Gasteiger partial charge in [0.2, 0.25) is 10.0 Å². The number of nitrogens with one attached hydrogen (secondary N) is 3. The average molecular weight is 537 g/mol. The van der Waals surface area contributed by atoms with Gasteiger partial charge in [0.1, 0.15) is 12.0 Å². The Morgan fingerprint density at radius 1 is 1.16 bits per heavy atom. The van der Waals surface area contributed by atoms with Crippen LogP contribution in [0.4, 0.5) is 24.7 Å². The van der Waals surface area contributed by atoms with Crippen molar-refractivity contribution in [1.29, 1.82) is 0 Å². The van der Waals surface area contributed by atoms with Crippen LogP contribution in [-0.2, 0) is 16.2 Å². The smallest absolute Gasteiger partial charge is 0.369 e. The number of nitrogens with zero attached hydrogens (tertiary/aromatic N) is 3. The maximum Gasteiger partial charge on any atom is 0.419 e. The Morgan fingerprint density at radius 3 is 2.49 bits per heavy atom. The van der Waals surface area contributed by atoms with Gasteiger partial charge in [-0.3, -0.25) is 5.32 Å². The molecule has 2 aliphatic rings. The van der Waals surface area contributed by atoms with Crippen LogP contribution in [0.2, 0.25) is 0 Å². The Labute approximate surface area is 215 Å². The molecule has 37 heavy (non-hydrogen) atoms. The van der Waals surface area contributed by atoms with Crippen molar-refractivity contribution >= 4 is 21.5 Å². The summed E-state index contributed by atoms with van der Waals surface area (Å²) < 4.78 is 66.8. The largest absolute Gasteiger partial charge is 0.419 e. The highest BCUT2D eigenvalue weighted by Crippen LogP contribution is 2.36. The fourth-order valence-corrected chi connectivity index (χ4v) is 5.17. The molecule has 12 heteroatoms. The first-order valence-electron chi connectivity index (χ1n) is 11.9. The number of sulfonamides is 1. The van der Waals surface area contributed by atoms with Crippen molar-refractivity contribution in [2.75, 3.05) is 30.9 Å². The van der Waals surface area contributed by atoms with Crippen LogP contribution in [0, 0.1) is 5.92 Å². The number of rotatable bonds is 6. The van der Waals surface area contributed by atoms with Gasteiger partial charge in [-0.1, -0.05) is 13.8 Å². The Balaban J connectivity index is 1.60. The predicted octanol–water partition coefficient (Wildman–Crippen LogP) is 3.94. The van der Waals surface area contributed by atoms with E-state index in [1.165, 1.54) is 31.3 Å². The predicted molar refractivity (Wildman–Crippen MR) is 137 cm³/mol. The van der Waals surface area contributed by atoms with Crippen molar-refractivity contribution in [2.24, 2.45) is 5.92 Å². The molecule has 2 aliphatic heterocycles. The molecular weight excluding hydrogens is 505 g/mol. The van der Waals surface area contributed by atoms with E-state index in [4.69, 9.17) is 0 Å². The first kappa shape index (κ1) is 27.0. The molecule has 0 fully saturated rings. The van der Waals surface area contributed by atoms with Crippen LogP contribution in [0.15, 0.2) is 71.0 Å². The van der Waals surface area contributed by atoms with Crippen LogP contribution in [0.3, 0.4) is 0 Å². The zero-order valence-corrected chi connectivity index (χ0v) is 21.9. The lowest BCUT2D eigenvalue weighted by atomic mass is 10.00. The Kier molecular flexibility index (Phi) is 7.54. The Bertz CT molecular complexity index is 1290. The Hall–Kier alpha value is -3.09. The third kappa shape index (κ3) is 5.76. The number of aromatic nitrogens is 1. The minimum Gasteiger partial charge on any atom is -0.369 e. The van der Waals surface area contributed by atoms with E-state index in [0.29, 0.717) is 18.7 Å². The van der Waals surface area contributed by atoms with Gasteiger partial charge in [0.05, 0.1) is 16.6 Å². The van der Waals surface area contributed by atoms with Crippen molar-refractivity contribution < 1.29 is 21.6 Å². The molecular formula is C25H31F3N6O2S. The molecule has 1 aromatic carbocycles. The molecule has 0 radical (unpaired) electrons. The summed E-state index contributed by atoms with van der Waals surface area (Å²) in [7, 11) is -0.591. The fraction of sp³-hybridized carbons (Fsp3) is 0.400. The minimum atomic E-state index is -4.52. The quantitative estimate of drug-likeness (QED) is 0.515. The molecule has 0 aliphatic carbocycles. The van der Waals surface area contributed by atoms with E-state index >= 15 is 0 Å². The molecule has 3 N–H and O–H groups in total. The number of benzene rings is 1. The van der Waals surface area contributed by atoms with Gasteiger partial charge < -0.3 is 15.5 Å². The third-order valence-electron chi connectivity index (χ3n) is 6.37. The summed E-state index contributed by atoms with van der Waals surface area (Å²) in [6.45, 7) is 4.41. The first-order valence-corrected chi connectivity index (χ1v) is 13.3. The van der Waals surface area contributed by atoms with Crippen molar-refractivity contribution in [3.8, 4) is 0 Å². The maximum absolute atomic E-state index is 13.6. The van der Waals surface area contributed by atoms with E-state index in [0.717, 1.165) is 21.6 Å². The maximum atomic E-state index is 13.6. The number of allylic oxidation sites excluding steroid dienone is 1. The third-order valence-corrected chi connectivity index (χ3v) is 8.20. The molecule has 2 unspecified atom stereocenters. The number of halogens is 3. The molecule has 0 bridgehead atoms. The molecule has 2 atom stereocenters. The van der Waals surface area contributed by atoms with E-state index in [-0.39, 0.29) is 29.0 Å². The topological polar surface area (TPSA) is 89.6 Å². The summed E-state index contributed by atoms with van der Waals surface area (Å²) in [6.07, 6.45) is 0.302. The monoisotopic (exact) mass is 536 g/mol. The van der Waals surface area contributed by atoms with Gasteiger partial charge in [-0.25, -0.2) is 17.7 Å². The highest BCUT2D eigenvalue weighted by Gasteiger charge is 2.36. The van der Waals surface area contributed by atoms with E-state index < -0.39 is 21.8 Å². The normalized spacial score (nSPS) is 20.6. The summed E-state index contributed by atoms with van der Waals surface area (Å²) in [4.78, 5) is 5.73. The lowest BCUT2D eigenvalue weighted by Crippen LogP contribution is -2.57. The van der Waals surface area contributed by atoms with Gasteiger partial charge in [0, 0.05) is 44.4 Å². The van der Waals surface area contributed by atoms with Crippen molar-refractivity contribution in [3.05, 3.63) is 71.7 Å². The first-order chi connectivity index (χ1) is 17.4. The second-order valence-electron chi connectivity index (χ2n) is 9.49. The minimum absolute atomic E-state index is 0.0959. The molecule has 8 nitrogen and oxygen atoms in total. The molecule has 1 aromatic heterocycles. The van der Waals surface area contributed by atoms with E-state index in [2.05, 4.69) is 34.8 Å². The molecule has 2 aromatic rings. The van der Waals surface area contributed by atoms with Crippen LogP contribution in [0.25, 0.3) is 0 Å². The summed E-state index contributed by atoms with van der Waals surface area (Å²) in [6, 6.07) is 8.81. The van der Waals surface area contributed by atoms with Gasteiger partial charge in [0.25, 0.3) is 0 Å². The van der Waals surface area contributed by atoms with E-state index in [1.807, 2.05) is 0 Å². The van der Waals surface area contributed by atoms with Gasteiger partial charge in [0.15, 0.2) is 0 Å². The zero-order chi connectivity index (χ0) is 27.0. The molecule has 200 valence electrons. The number of alkyl halides is 3. The van der Waals surface area contributed by atoms with Crippen molar-refractivity contribution in [1.82, 2.24) is 19.9 Å². The van der Waals surface area contributed by atoms with Crippen LogP contribution < -0.4 is 20.9 Å². The van der Waals surface area contributed by atoms with Crippen LogP contribution in [0.5, 0.6) is 0 Å². The van der Waals surface area contributed by atoms with Gasteiger partial charge in [-0.15, -0.1) is 0 Å². The second kappa shape index (κ2) is 10.3. The summed E-state index contributed by atoms with van der Waals surface area (Å²) in [5.41, 5.74) is 1.70. The molecule has 0 amide bonds. The van der Waals surface area contributed by atoms with Crippen LogP contribution in [-0.4, -0.2) is 50.7 Å². The molecule has 4 rings (SSSR count). The SMILES string of the molecule is CC(C)C1NC2=C(CCN(c3ncccc3C(F)(F)F)C=C2)C(Nc2ccc(S(=O)(=O)N(C)C)cc2)N1. The van der Waals surface area contributed by atoms with Gasteiger partial charge >= 0.3 is 6.18 Å². The highest BCUT2D eigenvalue weighted by atomic mass is 32.2. The standard InChI is InChI=1S/C25H31F3N6O2S/c1-16(2)22-31-21-12-15-34(24-20(25(26,27)28)6-5-13-29-24)14-11-19(21)23(32-22)30-17-7-9-18(10-8-17)37(35,36)33(3)4/h5-10,12-13,15-16,22-23,30-32H,11,14H2,1-4H3. The number of hydrogen-bond acceptors (Lipinski definition) is 7. The second-order valence-corrected chi connectivity index (χ2v) is 11.6. The van der Waals surface area contributed by atoms with Gasteiger partial charge in [-0.2, -0.15) is 13.2 Å². The van der Waals surface area contributed by atoms with Crippen molar-refractivity contribution in [3.63, 3.8) is 0 Å². The number of pyridine rings is 1. The summed E-state index contributed by atoms with van der Waals surface area (Å²) >= 11 is 0. The number of anilines is 2. The molecule has 0 saturated carbocycles. The van der Waals surface area contributed by atoms with E-state index in [1.54, 1.807) is 36.5 Å². The summed E-state index contributed by atoms with van der Waals surface area (Å²) in [5, 5.41) is 10.4. The van der Waals surface area contributed by atoms with Crippen LogP contribution >= 0.6 is 0 Å². The highest BCUT2D eigenvalue weighted by molar-refractivity contribution is 7.89.